The standard InChI is InChI=1S/C12H13FS/c1-5-9-6-7-10(8-11(9)13)14-12(2,3)4/h1,6-8H,2-4H3. The number of benzene rings is 1. The highest BCUT2D eigenvalue weighted by Gasteiger charge is 2.12. The normalized spacial score (nSPS) is 11.1. The first-order valence-electron chi connectivity index (χ1n) is 4.37. The summed E-state index contributed by atoms with van der Waals surface area (Å²) in [6.45, 7) is 6.26. The van der Waals surface area contributed by atoms with Crippen molar-refractivity contribution in [2.75, 3.05) is 0 Å². The van der Waals surface area contributed by atoms with Crippen molar-refractivity contribution in [1.82, 2.24) is 0 Å². The second-order valence-electron chi connectivity index (χ2n) is 4.00. The van der Waals surface area contributed by atoms with Crippen LogP contribution in [0.15, 0.2) is 23.1 Å². The number of hydrogen-bond acceptors (Lipinski definition) is 1. The summed E-state index contributed by atoms with van der Waals surface area (Å²) in [5, 5.41) is 0. The molecule has 0 saturated carbocycles. The van der Waals surface area contributed by atoms with Crippen molar-refractivity contribution >= 4 is 11.8 Å². The lowest BCUT2D eigenvalue weighted by Gasteiger charge is -2.17. The predicted octanol–water partition coefficient (Wildman–Crippen LogP) is 3.70. The molecule has 74 valence electrons. The zero-order valence-corrected chi connectivity index (χ0v) is 9.41. The molecule has 1 aromatic rings. The zero-order chi connectivity index (χ0) is 10.8. The average molecular weight is 208 g/mol. The zero-order valence-electron chi connectivity index (χ0n) is 8.60. The quantitative estimate of drug-likeness (QED) is 0.501. The van der Waals surface area contributed by atoms with E-state index >= 15 is 0 Å². The van der Waals surface area contributed by atoms with Gasteiger partial charge in [0.2, 0.25) is 0 Å². The first-order valence-corrected chi connectivity index (χ1v) is 5.19. The van der Waals surface area contributed by atoms with Crippen molar-refractivity contribution in [1.29, 1.82) is 0 Å². The highest BCUT2D eigenvalue weighted by Crippen LogP contribution is 2.32. The van der Waals surface area contributed by atoms with Gasteiger partial charge in [-0.1, -0.05) is 26.7 Å². The van der Waals surface area contributed by atoms with Crippen LogP contribution in [0.25, 0.3) is 0 Å². The van der Waals surface area contributed by atoms with Gasteiger partial charge in [-0.2, -0.15) is 0 Å². The molecule has 0 atom stereocenters. The van der Waals surface area contributed by atoms with E-state index in [1.807, 2.05) is 6.07 Å². The summed E-state index contributed by atoms with van der Waals surface area (Å²) < 4.78 is 13.4. The number of rotatable bonds is 1. The molecule has 0 spiro atoms. The van der Waals surface area contributed by atoms with Gasteiger partial charge in [-0.3, -0.25) is 0 Å². The molecule has 0 aliphatic rings. The van der Waals surface area contributed by atoms with Crippen molar-refractivity contribution < 1.29 is 4.39 Å². The van der Waals surface area contributed by atoms with Crippen LogP contribution in [0.2, 0.25) is 0 Å². The van der Waals surface area contributed by atoms with E-state index in [1.54, 1.807) is 17.8 Å². The summed E-state index contributed by atoms with van der Waals surface area (Å²) >= 11 is 1.63. The summed E-state index contributed by atoms with van der Waals surface area (Å²) in [6.07, 6.45) is 5.13. The molecule has 0 amide bonds. The van der Waals surface area contributed by atoms with Gasteiger partial charge < -0.3 is 0 Å². The molecule has 0 aliphatic carbocycles. The number of thioether (sulfide) groups is 1. The molecule has 0 unspecified atom stereocenters. The SMILES string of the molecule is C#Cc1ccc(SC(C)(C)C)cc1F. The molecule has 1 rings (SSSR count). The first kappa shape index (κ1) is 11.1. The van der Waals surface area contributed by atoms with Gasteiger partial charge in [0.05, 0.1) is 5.56 Å². The Kier molecular flexibility index (Phi) is 3.23. The van der Waals surface area contributed by atoms with Gasteiger partial charge in [-0.05, 0) is 18.2 Å². The maximum absolute atomic E-state index is 13.3. The van der Waals surface area contributed by atoms with Crippen LogP contribution in [0, 0.1) is 18.2 Å². The molecule has 0 aliphatic heterocycles. The van der Waals surface area contributed by atoms with Gasteiger partial charge in [0.15, 0.2) is 0 Å². The van der Waals surface area contributed by atoms with Crippen molar-refractivity contribution in [3.05, 3.63) is 29.6 Å². The summed E-state index contributed by atoms with van der Waals surface area (Å²) in [7, 11) is 0. The van der Waals surface area contributed by atoms with Crippen molar-refractivity contribution in [3.8, 4) is 12.3 Å². The highest BCUT2D eigenvalue weighted by atomic mass is 32.2. The molecule has 14 heavy (non-hydrogen) atoms. The largest absolute Gasteiger partial charge is 0.206 e. The van der Waals surface area contributed by atoms with E-state index in [1.165, 1.54) is 6.07 Å². The average Bonchev–Trinajstić information content (AvgIpc) is 2.01. The molecule has 0 aromatic heterocycles. The summed E-state index contributed by atoms with van der Waals surface area (Å²) in [6, 6.07) is 4.99. The van der Waals surface area contributed by atoms with Gasteiger partial charge >= 0.3 is 0 Å². The van der Waals surface area contributed by atoms with E-state index < -0.39 is 0 Å². The van der Waals surface area contributed by atoms with Crippen LogP contribution in [0.4, 0.5) is 4.39 Å². The minimum absolute atomic E-state index is 0.0874. The number of hydrogen-bond donors (Lipinski definition) is 0. The fraction of sp³-hybridized carbons (Fsp3) is 0.333. The topological polar surface area (TPSA) is 0 Å². The Bertz CT molecular complexity index is 369. The molecule has 0 saturated heterocycles. The van der Waals surface area contributed by atoms with Crippen LogP contribution in [0.5, 0.6) is 0 Å². The van der Waals surface area contributed by atoms with Gasteiger partial charge in [0, 0.05) is 9.64 Å². The molecular weight excluding hydrogens is 195 g/mol. The molecule has 0 N–H and O–H groups in total. The van der Waals surface area contributed by atoms with E-state index in [0.717, 1.165) is 4.90 Å². The Labute approximate surface area is 88.9 Å². The minimum atomic E-state index is -0.318. The van der Waals surface area contributed by atoms with Crippen LogP contribution >= 0.6 is 11.8 Å². The van der Waals surface area contributed by atoms with Crippen LogP contribution in [-0.4, -0.2) is 4.75 Å². The summed E-state index contributed by atoms with van der Waals surface area (Å²) in [5.41, 5.74) is 0.322. The van der Waals surface area contributed by atoms with Gasteiger partial charge in [0.25, 0.3) is 0 Å². The fourth-order valence-electron chi connectivity index (χ4n) is 1.03. The van der Waals surface area contributed by atoms with E-state index in [0.29, 0.717) is 5.56 Å². The Morgan fingerprint density at radius 2 is 2.00 bits per heavy atom. The Hall–Kier alpha value is -0.940. The van der Waals surface area contributed by atoms with Crippen molar-refractivity contribution in [2.24, 2.45) is 0 Å². The third kappa shape index (κ3) is 3.08. The van der Waals surface area contributed by atoms with Crippen LogP contribution in [0.1, 0.15) is 26.3 Å². The van der Waals surface area contributed by atoms with Gasteiger partial charge in [-0.25, -0.2) is 4.39 Å². The summed E-state index contributed by atoms with van der Waals surface area (Å²) in [5.74, 6) is 1.98. The van der Waals surface area contributed by atoms with Crippen molar-refractivity contribution in [2.45, 2.75) is 30.4 Å². The lowest BCUT2D eigenvalue weighted by molar-refractivity contribution is 0.620. The summed E-state index contributed by atoms with van der Waals surface area (Å²) in [4.78, 5) is 0.911. The highest BCUT2D eigenvalue weighted by molar-refractivity contribution is 8.00. The third-order valence-corrected chi connectivity index (χ3v) is 2.62. The van der Waals surface area contributed by atoms with E-state index in [4.69, 9.17) is 6.42 Å². The molecule has 1 aromatic carbocycles. The maximum Gasteiger partial charge on any atom is 0.139 e. The second-order valence-corrected chi connectivity index (χ2v) is 5.90. The van der Waals surface area contributed by atoms with E-state index in [-0.39, 0.29) is 10.6 Å². The van der Waals surface area contributed by atoms with Crippen LogP contribution in [0.3, 0.4) is 0 Å². The molecule has 0 bridgehead atoms. The van der Waals surface area contributed by atoms with Gasteiger partial charge in [-0.15, -0.1) is 18.2 Å². The monoisotopic (exact) mass is 208 g/mol. The smallest absolute Gasteiger partial charge is 0.139 e. The maximum atomic E-state index is 13.3. The Morgan fingerprint density at radius 3 is 2.43 bits per heavy atom. The molecule has 0 heterocycles. The molecular formula is C12H13FS. The number of terminal acetylenes is 1. The van der Waals surface area contributed by atoms with Crippen molar-refractivity contribution in [3.63, 3.8) is 0 Å². The molecule has 2 heteroatoms. The first-order chi connectivity index (χ1) is 6.42. The molecule has 0 nitrogen and oxygen atoms in total. The molecule has 0 fully saturated rings. The number of halogens is 1. The fourth-order valence-corrected chi connectivity index (χ4v) is 2.04. The Morgan fingerprint density at radius 1 is 1.36 bits per heavy atom. The minimum Gasteiger partial charge on any atom is -0.206 e. The Balaban J connectivity index is 2.94. The van der Waals surface area contributed by atoms with Gasteiger partial charge in [0.1, 0.15) is 5.82 Å². The lowest BCUT2D eigenvalue weighted by atomic mass is 10.2. The second kappa shape index (κ2) is 4.06. The van der Waals surface area contributed by atoms with E-state index in [2.05, 4.69) is 26.7 Å². The van der Waals surface area contributed by atoms with Crippen LogP contribution < -0.4 is 0 Å². The molecule has 0 radical (unpaired) electrons. The van der Waals surface area contributed by atoms with E-state index in [9.17, 15) is 4.39 Å². The third-order valence-electron chi connectivity index (χ3n) is 1.52. The van der Waals surface area contributed by atoms with Crippen LogP contribution in [-0.2, 0) is 0 Å². The predicted molar refractivity (Wildman–Crippen MR) is 59.9 cm³/mol. The lowest BCUT2D eigenvalue weighted by Crippen LogP contribution is -2.06.